The van der Waals surface area contributed by atoms with Gasteiger partial charge < -0.3 is 10.6 Å². The highest BCUT2D eigenvalue weighted by molar-refractivity contribution is 6.05. The zero-order chi connectivity index (χ0) is 19.1. The van der Waals surface area contributed by atoms with Crippen molar-refractivity contribution in [3.63, 3.8) is 0 Å². The molecule has 1 fully saturated rings. The molecular weight excluding hydrogens is 336 g/mol. The maximum atomic E-state index is 12.5. The van der Waals surface area contributed by atoms with Gasteiger partial charge in [0, 0.05) is 23.4 Å². The number of hydrogen-bond acceptors (Lipinski definition) is 2. The number of hydrogen-bond donors (Lipinski definition) is 2. The molecule has 0 bridgehead atoms. The van der Waals surface area contributed by atoms with Crippen molar-refractivity contribution < 1.29 is 9.59 Å². The van der Waals surface area contributed by atoms with Gasteiger partial charge in [-0.1, -0.05) is 56.4 Å². The Morgan fingerprint density at radius 2 is 1.67 bits per heavy atom. The summed E-state index contributed by atoms with van der Waals surface area (Å²) >= 11 is 0. The number of nitrogens with one attached hydrogen (secondary N) is 2. The number of benzene rings is 2. The van der Waals surface area contributed by atoms with Crippen LogP contribution < -0.4 is 10.6 Å². The first-order valence-corrected chi connectivity index (χ1v) is 9.89. The Labute approximate surface area is 161 Å². The Morgan fingerprint density at radius 1 is 0.926 bits per heavy atom. The zero-order valence-electron chi connectivity index (χ0n) is 16.0. The molecule has 3 rings (SSSR count). The van der Waals surface area contributed by atoms with Crippen LogP contribution in [0.1, 0.15) is 64.8 Å². The summed E-state index contributed by atoms with van der Waals surface area (Å²) in [7, 11) is 0. The number of rotatable bonds is 6. The predicted molar refractivity (Wildman–Crippen MR) is 109 cm³/mol. The lowest BCUT2D eigenvalue weighted by Gasteiger charge is -2.21. The van der Waals surface area contributed by atoms with E-state index in [0.717, 1.165) is 17.9 Å². The molecular formula is C23H28N2O2. The molecule has 0 spiro atoms. The molecule has 0 atom stereocenters. The first-order valence-electron chi connectivity index (χ1n) is 9.89. The summed E-state index contributed by atoms with van der Waals surface area (Å²) in [4.78, 5) is 24.9. The highest BCUT2D eigenvalue weighted by atomic mass is 16.2. The van der Waals surface area contributed by atoms with Crippen molar-refractivity contribution in [1.82, 2.24) is 5.32 Å². The average Bonchev–Trinajstić information content (AvgIpc) is 2.71. The van der Waals surface area contributed by atoms with Gasteiger partial charge in [0.1, 0.15) is 0 Å². The predicted octanol–water partition coefficient (Wildman–Crippen LogP) is 4.95. The quantitative estimate of drug-likeness (QED) is 0.762. The third-order valence-electron chi connectivity index (χ3n) is 5.35. The molecule has 27 heavy (non-hydrogen) atoms. The molecule has 2 aromatic carbocycles. The molecule has 4 nitrogen and oxygen atoms in total. The Morgan fingerprint density at radius 3 is 2.41 bits per heavy atom. The SMILES string of the molecule is Cc1ccc(C(=O)NCCC2CCCCC2)cc1NC(=O)c1ccccc1. The first kappa shape index (κ1) is 19.2. The van der Waals surface area contributed by atoms with E-state index >= 15 is 0 Å². The Kier molecular flexibility index (Phi) is 6.64. The van der Waals surface area contributed by atoms with Gasteiger partial charge in [0.15, 0.2) is 0 Å². The van der Waals surface area contributed by atoms with E-state index < -0.39 is 0 Å². The van der Waals surface area contributed by atoms with Crippen LogP contribution in [0.3, 0.4) is 0 Å². The fourth-order valence-electron chi connectivity index (χ4n) is 3.65. The molecule has 0 radical (unpaired) electrons. The average molecular weight is 364 g/mol. The second-order valence-electron chi connectivity index (χ2n) is 7.40. The van der Waals surface area contributed by atoms with Crippen LogP contribution in [0.4, 0.5) is 5.69 Å². The largest absolute Gasteiger partial charge is 0.352 e. The van der Waals surface area contributed by atoms with Crippen LogP contribution in [-0.4, -0.2) is 18.4 Å². The minimum Gasteiger partial charge on any atom is -0.352 e. The fraction of sp³-hybridized carbons (Fsp3) is 0.391. The maximum Gasteiger partial charge on any atom is 0.255 e. The summed E-state index contributed by atoms with van der Waals surface area (Å²) in [5, 5.41) is 5.94. The third-order valence-corrected chi connectivity index (χ3v) is 5.35. The second-order valence-corrected chi connectivity index (χ2v) is 7.40. The number of aryl methyl sites for hydroxylation is 1. The van der Waals surface area contributed by atoms with Crippen LogP contribution in [0.5, 0.6) is 0 Å². The molecule has 4 heteroatoms. The van der Waals surface area contributed by atoms with Gasteiger partial charge in [-0.05, 0) is 49.1 Å². The van der Waals surface area contributed by atoms with Gasteiger partial charge in [0.25, 0.3) is 11.8 Å². The van der Waals surface area contributed by atoms with E-state index in [-0.39, 0.29) is 11.8 Å². The maximum absolute atomic E-state index is 12.5. The Balaban J connectivity index is 1.58. The molecule has 0 saturated heterocycles. The normalized spacial score (nSPS) is 14.6. The summed E-state index contributed by atoms with van der Waals surface area (Å²) in [5.41, 5.74) is 2.77. The van der Waals surface area contributed by atoms with Crippen molar-refractivity contribution >= 4 is 17.5 Å². The third kappa shape index (κ3) is 5.43. The fourth-order valence-corrected chi connectivity index (χ4v) is 3.65. The van der Waals surface area contributed by atoms with E-state index in [0.29, 0.717) is 23.4 Å². The second kappa shape index (κ2) is 9.36. The van der Waals surface area contributed by atoms with E-state index in [2.05, 4.69) is 10.6 Å². The van der Waals surface area contributed by atoms with Crippen molar-refractivity contribution in [1.29, 1.82) is 0 Å². The number of anilines is 1. The summed E-state index contributed by atoms with van der Waals surface area (Å²) in [6.07, 6.45) is 7.62. The van der Waals surface area contributed by atoms with Crippen LogP contribution in [-0.2, 0) is 0 Å². The van der Waals surface area contributed by atoms with Crippen molar-refractivity contribution in [3.05, 3.63) is 65.2 Å². The summed E-state index contributed by atoms with van der Waals surface area (Å²) < 4.78 is 0. The van der Waals surface area contributed by atoms with Crippen LogP contribution in [0, 0.1) is 12.8 Å². The lowest BCUT2D eigenvalue weighted by Crippen LogP contribution is -2.26. The lowest BCUT2D eigenvalue weighted by atomic mass is 9.87. The zero-order valence-corrected chi connectivity index (χ0v) is 16.0. The summed E-state index contributed by atoms with van der Waals surface area (Å²) in [6, 6.07) is 14.5. The van der Waals surface area contributed by atoms with Crippen LogP contribution >= 0.6 is 0 Å². The van der Waals surface area contributed by atoms with E-state index in [4.69, 9.17) is 0 Å². The van der Waals surface area contributed by atoms with E-state index in [1.54, 1.807) is 18.2 Å². The molecule has 142 valence electrons. The first-order chi connectivity index (χ1) is 13.1. The monoisotopic (exact) mass is 364 g/mol. The van der Waals surface area contributed by atoms with Gasteiger partial charge in [0.05, 0.1) is 0 Å². The molecule has 2 amide bonds. The Hall–Kier alpha value is -2.62. The summed E-state index contributed by atoms with van der Waals surface area (Å²) in [5.74, 6) is 0.493. The van der Waals surface area contributed by atoms with Crippen LogP contribution in [0.25, 0.3) is 0 Å². The van der Waals surface area contributed by atoms with Crippen molar-refractivity contribution in [2.75, 3.05) is 11.9 Å². The van der Waals surface area contributed by atoms with Gasteiger partial charge in [-0.3, -0.25) is 9.59 Å². The molecule has 2 N–H and O–H groups in total. The molecule has 1 aliphatic rings. The van der Waals surface area contributed by atoms with E-state index in [9.17, 15) is 9.59 Å². The minimum absolute atomic E-state index is 0.0824. The standard InChI is InChI=1S/C23H28N2O2/c1-17-12-13-20(22(26)24-15-14-18-8-4-2-5-9-18)16-21(17)25-23(27)19-10-6-3-7-11-19/h3,6-7,10-13,16,18H,2,4-5,8-9,14-15H2,1H3,(H,24,26)(H,25,27). The Bertz CT molecular complexity index is 780. The smallest absolute Gasteiger partial charge is 0.255 e. The molecule has 1 aliphatic carbocycles. The van der Waals surface area contributed by atoms with Gasteiger partial charge in [-0.2, -0.15) is 0 Å². The lowest BCUT2D eigenvalue weighted by molar-refractivity contribution is 0.0949. The molecule has 2 aromatic rings. The van der Waals surface area contributed by atoms with Gasteiger partial charge in [0.2, 0.25) is 0 Å². The number of carbonyl (C=O) groups excluding carboxylic acids is 2. The molecule has 0 heterocycles. The van der Waals surface area contributed by atoms with E-state index in [1.165, 1.54) is 32.1 Å². The molecule has 0 unspecified atom stereocenters. The molecule has 0 aromatic heterocycles. The summed E-state index contributed by atoms with van der Waals surface area (Å²) in [6.45, 7) is 2.63. The highest BCUT2D eigenvalue weighted by Crippen LogP contribution is 2.25. The number of amides is 2. The number of carbonyl (C=O) groups is 2. The van der Waals surface area contributed by atoms with Crippen molar-refractivity contribution in [3.8, 4) is 0 Å². The van der Waals surface area contributed by atoms with Crippen LogP contribution in [0.2, 0.25) is 0 Å². The van der Waals surface area contributed by atoms with Gasteiger partial charge in [-0.15, -0.1) is 0 Å². The van der Waals surface area contributed by atoms with Gasteiger partial charge in [-0.25, -0.2) is 0 Å². The molecule has 0 aliphatic heterocycles. The van der Waals surface area contributed by atoms with E-state index in [1.807, 2.05) is 37.3 Å². The minimum atomic E-state index is -0.173. The van der Waals surface area contributed by atoms with Crippen LogP contribution in [0.15, 0.2) is 48.5 Å². The van der Waals surface area contributed by atoms with Crippen molar-refractivity contribution in [2.45, 2.75) is 45.4 Å². The van der Waals surface area contributed by atoms with Crippen molar-refractivity contribution in [2.24, 2.45) is 5.92 Å². The van der Waals surface area contributed by atoms with Gasteiger partial charge >= 0.3 is 0 Å². The topological polar surface area (TPSA) is 58.2 Å². The highest BCUT2D eigenvalue weighted by Gasteiger charge is 2.14. The molecule has 1 saturated carbocycles.